The Morgan fingerprint density at radius 2 is 1.69 bits per heavy atom. The first kappa shape index (κ1) is 26.3. The van der Waals surface area contributed by atoms with Crippen LogP contribution in [0.3, 0.4) is 0 Å². The lowest BCUT2D eigenvalue weighted by Gasteiger charge is -2.33. The second-order valence-electron chi connectivity index (χ2n) is 9.31. The molecule has 2 amide bonds. The van der Waals surface area contributed by atoms with Crippen molar-refractivity contribution in [2.24, 2.45) is 0 Å². The third kappa shape index (κ3) is 6.78. The SMILES string of the molecule is O=C(NCC(=O)N1CCC(Nc2ccccc2Cl)CC1)c1cc(-c2ccccc2OCc2ccccc2)on1. The summed E-state index contributed by atoms with van der Waals surface area (Å²) in [6.45, 7) is 1.49. The van der Waals surface area contributed by atoms with E-state index in [1.807, 2.05) is 78.9 Å². The van der Waals surface area contributed by atoms with Crippen molar-refractivity contribution in [3.63, 3.8) is 0 Å². The molecule has 3 aromatic carbocycles. The lowest BCUT2D eigenvalue weighted by atomic mass is 10.0. The van der Waals surface area contributed by atoms with Gasteiger partial charge in [0.1, 0.15) is 12.4 Å². The van der Waals surface area contributed by atoms with E-state index >= 15 is 0 Å². The predicted molar refractivity (Wildman–Crippen MR) is 150 cm³/mol. The summed E-state index contributed by atoms with van der Waals surface area (Å²) in [4.78, 5) is 27.2. The molecular weight excluding hydrogens is 516 g/mol. The minimum Gasteiger partial charge on any atom is -0.488 e. The number of anilines is 1. The second-order valence-corrected chi connectivity index (χ2v) is 9.72. The van der Waals surface area contributed by atoms with Crippen molar-refractivity contribution in [3.8, 4) is 17.1 Å². The molecule has 4 aromatic rings. The molecule has 2 heterocycles. The molecule has 0 unspecified atom stereocenters. The van der Waals surface area contributed by atoms with Gasteiger partial charge in [0, 0.05) is 25.2 Å². The van der Waals surface area contributed by atoms with Crippen LogP contribution >= 0.6 is 11.6 Å². The molecule has 1 saturated heterocycles. The van der Waals surface area contributed by atoms with Crippen LogP contribution < -0.4 is 15.4 Å². The number of piperidine rings is 1. The summed E-state index contributed by atoms with van der Waals surface area (Å²) >= 11 is 6.24. The van der Waals surface area contributed by atoms with Crippen molar-refractivity contribution in [2.45, 2.75) is 25.5 Å². The predicted octanol–water partition coefficient (Wildman–Crippen LogP) is 5.41. The Labute approximate surface area is 231 Å². The highest BCUT2D eigenvalue weighted by molar-refractivity contribution is 6.33. The minimum atomic E-state index is -0.476. The number of hydrogen-bond donors (Lipinski definition) is 2. The average Bonchev–Trinajstić information content (AvgIpc) is 3.47. The van der Waals surface area contributed by atoms with E-state index in [1.54, 1.807) is 11.0 Å². The van der Waals surface area contributed by atoms with Gasteiger partial charge in [-0.3, -0.25) is 9.59 Å². The summed E-state index contributed by atoms with van der Waals surface area (Å²) in [5.41, 5.74) is 2.71. The lowest BCUT2D eigenvalue weighted by molar-refractivity contribution is -0.131. The van der Waals surface area contributed by atoms with Gasteiger partial charge in [-0.05, 0) is 42.7 Å². The van der Waals surface area contributed by atoms with Gasteiger partial charge in [0.2, 0.25) is 5.91 Å². The first-order valence-electron chi connectivity index (χ1n) is 12.9. The van der Waals surface area contributed by atoms with Crippen molar-refractivity contribution in [1.29, 1.82) is 0 Å². The maximum Gasteiger partial charge on any atom is 0.273 e. The number of benzene rings is 3. The molecule has 200 valence electrons. The Balaban J connectivity index is 1.12. The third-order valence-electron chi connectivity index (χ3n) is 6.61. The topological polar surface area (TPSA) is 96.7 Å². The summed E-state index contributed by atoms with van der Waals surface area (Å²) < 4.78 is 11.4. The van der Waals surface area contributed by atoms with Gasteiger partial charge in [-0.1, -0.05) is 71.4 Å². The number of aromatic nitrogens is 1. The number of carbonyl (C=O) groups is 2. The Kier molecular flexibility index (Phi) is 8.43. The fourth-order valence-corrected chi connectivity index (χ4v) is 4.66. The minimum absolute atomic E-state index is 0.0957. The summed E-state index contributed by atoms with van der Waals surface area (Å²) in [6, 6.07) is 26.7. The van der Waals surface area contributed by atoms with Crippen LogP contribution in [0.5, 0.6) is 5.75 Å². The molecule has 0 atom stereocenters. The monoisotopic (exact) mass is 544 g/mol. The molecule has 0 bridgehead atoms. The van der Waals surface area contributed by atoms with E-state index in [9.17, 15) is 9.59 Å². The number of hydrogen-bond acceptors (Lipinski definition) is 6. The van der Waals surface area contributed by atoms with Crippen molar-refractivity contribution in [1.82, 2.24) is 15.4 Å². The van der Waals surface area contributed by atoms with Crippen molar-refractivity contribution >= 4 is 29.1 Å². The van der Waals surface area contributed by atoms with Gasteiger partial charge in [0.05, 0.1) is 22.8 Å². The van der Waals surface area contributed by atoms with Gasteiger partial charge in [0.25, 0.3) is 5.91 Å². The van der Waals surface area contributed by atoms with E-state index in [2.05, 4.69) is 15.8 Å². The second kappa shape index (κ2) is 12.5. The molecule has 8 nitrogen and oxygen atoms in total. The Bertz CT molecular complexity index is 1420. The van der Waals surface area contributed by atoms with Crippen molar-refractivity contribution in [2.75, 3.05) is 25.0 Å². The van der Waals surface area contributed by atoms with E-state index in [4.69, 9.17) is 20.9 Å². The molecule has 1 fully saturated rings. The first-order valence-corrected chi connectivity index (χ1v) is 13.2. The van der Waals surface area contributed by atoms with Crippen molar-refractivity contribution in [3.05, 3.63) is 101 Å². The van der Waals surface area contributed by atoms with Gasteiger partial charge < -0.3 is 24.8 Å². The van der Waals surface area contributed by atoms with Crippen LogP contribution in [0.15, 0.2) is 89.5 Å². The molecule has 0 aliphatic carbocycles. The maximum atomic E-state index is 12.7. The van der Waals surface area contributed by atoms with Gasteiger partial charge in [0.15, 0.2) is 11.5 Å². The van der Waals surface area contributed by atoms with Crippen LogP contribution in [0.25, 0.3) is 11.3 Å². The molecule has 1 aliphatic heterocycles. The summed E-state index contributed by atoms with van der Waals surface area (Å²) in [7, 11) is 0. The Morgan fingerprint density at radius 1 is 0.974 bits per heavy atom. The highest BCUT2D eigenvalue weighted by Gasteiger charge is 2.24. The van der Waals surface area contributed by atoms with Gasteiger partial charge >= 0.3 is 0 Å². The number of nitrogens with zero attached hydrogens (tertiary/aromatic N) is 2. The number of para-hydroxylation sites is 2. The van der Waals surface area contributed by atoms with Crippen LogP contribution in [-0.4, -0.2) is 47.5 Å². The molecule has 5 rings (SSSR count). The standard InChI is InChI=1S/C30H29ClN4O4/c31-24-11-5-6-12-25(24)33-22-14-16-35(17-15-22)29(36)19-32-30(37)26-18-28(39-34-26)23-10-4-7-13-27(23)38-20-21-8-2-1-3-9-21/h1-13,18,22,33H,14-17,19-20H2,(H,32,37). The molecule has 0 spiro atoms. The summed E-state index contributed by atoms with van der Waals surface area (Å²) in [5, 5.41) is 10.7. The van der Waals surface area contributed by atoms with Crippen LogP contribution in [0.4, 0.5) is 5.69 Å². The summed E-state index contributed by atoms with van der Waals surface area (Å²) in [6.07, 6.45) is 1.59. The highest BCUT2D eigenvalue weighted by Crippen LogP contribution is 2.31. The lowest BCUT2D eigenvalue weighted by Crippen LogP contribution is -2.46. The molecular formula is C30H29ClN4O4. The number of ether oxygens (including phenoxy) is 1. The van der Waals surface area contributed by atoms with Gasteiger partial charge in [-0.25, -0.2) is 0 Å². The zero-order valence-electron chi connectivity index (χ0n) is 21.3. The molecule has 0 saturated carbocycles. The smallest absolute Gasteiger partial charge is 0.273 e. The van der Waals surface area contributed by atoms with E-state index in [1.165, 1.54) is 0 Å². The van der Waals surface area contributed by atoms with Crippen LogP contribution in [0, 0.1) is 0 Å². The number of carbonyl (C=O) groups excluding carboxylic acids is 2. The normalized spacial score (nSPS) is 13.6. The Hall–Kier alpha value is -4.30. The number of nitrogens with one attached hydrogen (secondary N) is 2. The van der Waals surface area contributed by atoms with Gasteiger partial charge in [-0.15, -0.1) is 0 Å². The van der Waals surface area contributed by atoms with Crippen LogP contribution in [0.1, 0.15) is 28.9 Å². The van der Waals surface area contributed by atoms with E-state index in [-0.39, 0.29) is 24.2 Å². The Morgan fingerprint density at radius 3 is 2.49 bits per heavy atom. The van der Waals surface area contributed by atoms with E-state index in [0.29, 0.717) is 41.8 Å². The molecule has 0 radical (unpaired) electrons. The number of rotatable bonds is 9. The fourth-order valence-electron chi connectivity index (χ4n) is 4.47. The maximum absolute atomic E-state index is 12.7. The fraction of sp³-hybridized carbons (Fsp3) is 0.233. The third-order valence-corrected chi connectivity index (χ3v) is 6.94. The highest BCUT2D eigenvalue weighted by atomic mass is 35.5. The van der Waals surface area contributed by atoms with E-state index in [0.717, 1.165) is 24.1 Å². The molecule has 1 aromatic heterocycles. The first-order chi connectivity index (χ1) is 19.1. The largest absolute Gasteiger partial charge is 0.488 e. The van der Waals surface area contributed by atoms with Crippen LogP contribution in [0.2, 0.25) is 5.02 Å². The average molecular weight is 545 g/mol. The van der Waals surface area contributed by atoms with Gasteiger partial charge in [-0.2, -0.15) is 0 Å². The molecule has 9 heteroatoms. The number of amides is 2. The number of likely N-dealkylation sites (tertiary alicyclic amines) is 1. The molecule has 39 heavy (non-hydrogen) atoms. The van der Waals surface area contributed by atoms with Crippen molar-refractivity contribution < 1.29 is 18.8 Å². The zero-order chi connectivity index (χ0) is 27.0. The number of halogens is 1. The van der Waals surface area contributed by atoms with E-state index < -0.39 is 5.91 Å². The quantitative estimate of drug-likeness (QED) is 0.292. The zero-order valence-corrected chi connectivity index (χ0v) is 22.1. The molecule has 1 aliphatic rings. The van der Waals surface area contributed by atoms with Crippen LogP contribution in [-0.2, 0) is 11.4 Å². The summed E-state index contributed by atoms with van der Waals surface area (Å²) in [5.74, 6) is 0.412. The molecule has 2 N–H and O–H groups in total.